The molecule has 4 N–H and O–H groups in total. The van der Waals surface area contributed by atoms with Crippen LogP contribution in [0.4, 0.5) is 19.3 Å². The van der Waals surface area contributed by atoms with Crippen molar-refractivity contribution in [1.29, 1.82) is 0 Å². The Hall–Kier alpha value is -5.50. The van der Waals surface area contributed by atoms with Crippen LogP contribution in [0.2, 0.25) is 0 Å². The minimum absolute atomic E-state index is 0.189. The van der Waals surface area contributed by atoms with E-state index >= 15 is 0 Å². The monoisotopic (exact) mass is 651 g/mol. The molecule has 244 valence electrons. The third-order valence-corrected chi connectivity index (χ3v) is 9.25. The number of aromatic amines is 2. The van der Waals surface area contributed by atoms with Gasteiger partial charge < -0.3 is 25.3 Å². The molecule has 6 heterocycles. The van der Waals surface area contributed by atoms with E-state index in [1.807, 2.05) is 42.5 Å². The Bertz CT molecular complexity index is 2010. The lowest BCUT2D eigenvalue weighted by Gasteiger charge is -2.27. The number of halogens is 2. The smallest absolute Gasteiger partial charge is 0.407 e. The van der Waals surface area contributed by atoms with Crippen molar-refractivity contribution in [3.05, 3.63) is 90.0 Å². The molecule has 0 bridgehead atoms. The summed E-state index contributed by atoms with van der Waals surface area (Å²) >= 11 is 0. The van der Waals surface area contributed by atoms with E-state index in [1.165, 1.54) is 7.11 Å². The fraction of sp³-hybridized carbons (Fsp3) is 0.294. The SMILES string of the molecule is COC(=O)N[C@H]1CCc2cccc3c2N(C1=O)[C@H](c1ncc(-c2ccc(-c4ncc(-c5cnc([C@@H]6CC(F)(F)CN6)[nH]5)cn4)cc2)[nH]1)C3. The van der Waals surface area contributed by atoms with Crippen LogP contribution in [0, 0.1) is 0 Å². The fourth-order valence-electron chi connectivity index (χ4n) is 6.82. The van der Waals surface area contributed by atoms with E-state index in [0.717, 1.165) is 33.6 Å². The maximum atomic E-state index is 13.8. The van der Waals surface area contributed by atoms with Crippen molar-refractivity contribution in [2.24, 2.45) is 0 Å². The second-order valence-electron chi connectivity index (χ2n) is 12.3. The molecule has 1 fully saturated rings. The molecular weight excluding hydrogens is 620 g/mol. The van der Waals surface area contributed by atoms with Gasteiger partial charge in [-0.15, -0.1) is 0 Å². The summed E-state index contributed by atoms with van der Waals surface area (Å²) in [5.41, 5.74) is 6.88. The largest absolute Gasteiger partial charge is 0.453 e. The highest BCUT2D eigenvalue weighted by molar-refractivity contribution is 6.02. The first-order valence-electron chi connectivity index (χ1n) is 15.7. The maximum absolute atomic E-state index is 13.8. The first kappa shape index (κ1) is 29.9. The van der Waals surface area contributed by atoms with E-state index in [1.54, 1.807) is 29.7 Å². The number of para-hydroxylation sites is 1. The van der Waals surface area contributed by atoms with E-state index in [-0.39, 0.29) is 24.9 Å². The summed E-state index contributed by atoms with van der Waals surface area (Å²) in [5, 5.41) is 5.51. The number of carbonyl (C=O) groups excluding carboxylic acids is 2. The van der Waals surface area contributed by atoms with Gasteiger partial charge in [-0.2, -0.15) is 0 Å². The molecule has 2 amide bonds. The second kappa shape index (κ2) is 11.6. The molecule has 0 radical (unpaired) electrons. The third kappa shape index (κ3) is 5.37. The van der Waals surface area contributed by atoms with E-state index in [4.69, 9.17) is 9.72 Å². The zero-order valence-electron chi connectivity index (χ0n) is 25.8. The maximum Gasteiger partial charge on any atom is 0.407 e. The van der Waals surface area contributed by atoms with Crippen LogP contribution in [0.5, 0.6) is 0 Å². The van der Waals surface area contributed by atoms with Crippen molar-refractivity contribution < 1.29 is 23.1 Å². The van der Waals surface area contributed by atoms with Gasteiger partial charge in [-0.25, -0.2) is 33.5 Å². The third-order valence-electron chi connectivity index (χ3n) is 9.25. The highest BCUT2D eigenvalue weighted by Gasteiger charge is 2.43. The number of ether oxygens (including phenoxy) is 1. The number of aromatic nitrogens is 6. The molecule has 0 unspecified atom stereocenters. The van der Waals surface area contributed by atoms with Crippen LogP contribution in [0.25, 0.3) is 33.9 Å². The summed E-state index contributed by atoms with van der Waals surface area (Å²) in [6.45, 7) is -0.362. The van der Waals surface area contributed by atoms with Crippen molar-refractivity contribution >= 4 is 17.7 Å². The number of hydrogen-bond acceptors (Lipinski definition) is 8. The average Bonchev–Trinajstić information content (AvgIpc) is 3.90. The second-order valence-corrected chi connectivity index (χ2v) is 12.3. The number of alkyl halides is 2. The van der Waals surface area contributed by atoms with Crippen LogP contribution in [0.1, 0.15) is 47.7 Å². The van der Waals surface area contributed by atoms with E-state index in [2.05, 4.69) is 35.6 Å². The molecule has 3 atom stereocenters. The van der Waals surface area contributed by atoms with Gasteiger partial charge in [0.15, 0.2) is 5.82 Å². The van der Waals surface area contributed by atoms with Crippen LogP contribution >= 0.6 is 0 Å². The number of carbonyl (C=O) groups is 2. The van der Waals surface area contributed by atoms with Crippen molar-refractivity contribution in [2.75, 3.05) is 18.6 Å². The average molecular weight is 652 g/mol. The number of benzene rings is 2. The van der Waals surface area contributed by atoms with Crippen molar-refractivity contribution in [1.82, 2.24) is 40.5 Å². The lowest BCUT2D eigenvalue weighted by molar-refractivity contribution is -0.121. The Morgan fingerprint density at radius 2 is 1.60 bits per heavy atom. The van der Waals surface area contributed by atoms with E-state index in [9.17, 15) is 18.4 Å². The lowest BCUT2D eigenvalue weighted by Crippen LogP contribution is -2.48. The van der Waals surface area contributed by atoms with Gasteiger partial charge >= 0.3 is 6.09 Å². The highest BCUT2D eigenvalue weighted by Crippen LogP contribution is 2.44. The molecule has 14 heteroatoms. The molecule has 1 saturated heterocycles. The van der Waals surface area contributed by atoms with Crippen molar-refractivity contribution in [3.63, 3.8) is 0 Å². The van der Waals surface area contributed by atoms with E-state index < -0.39 is 24.1 Å². The van der Waals surface area contributed by atoms with Gasteiger partial charge in [0, 0.05) is 36.4 Å². The Morgan fingerprint density at radius 1 is 0.917 bits per heavy atom. The Balaban J connectivity index is 0.988. The lowest BCUT2D eigenvalue weighted by atomic mass is 10.0. The van der Waals surface area contributed by atoms with Crippen LogP contribution in [0.3, 0.4) is 0 Å². The molecule has 8 rings (SSSR count). The molecule has 3 aliphatic heterocycles. The molecule has 0 spiro atoms. The minimum atomic E-state index is -2.74. The van der Waals surface area contributed by atoms with Gasteiger partial charge in [-0.05, 0) is 29.5 Å². The normalized spacial score (nSPS) is 21.2. The molecule has 3 aromatic heterocycles. The van der Waals surface area contributed by atoms with Gasteiger partial charge in [-0.3, -0.25) is 9.69 Å². The zero-order valence-corrected chi connectivity index (χ0v) is 25.8. The number of imidazole rings is 2. The quantitative estimate of drug-likeness (QED) is 0.202. The summed E-state index contributed by atoms with van der Waals surface area (Å²) in [6, 6.07) is 12.2. The van der Waals surface area contributed by atoms with Crippen LogP contribution in [-0.4, -0.2) is 67.5 Å². The van der Waals surface area contributed by atoms with Crippen molar-refractivity contribution in [3.8, 4) is 33.9 Å². The molecule has 0 aliphatic carbocycles. The number of amides is 2. The molecule has 12 nitrogen and oxygen atoms in total. The Labute approximate surface area is 273 Å². The minimum Gasteiger partial charge on any atom is -0.453 e. The number of H-pyrrole nitrogens is 2. The molecular formula is C34H31F2N9O3. The predicted octanol–water partition coefficient (Wildman–Crippen LogP) is 4.89. The number of anilines is 1. The topological polar surface area (TPSA) is 154 Å². The zero-order chi connectivity index (χ0) is 33.0. The Morgan fingerprint density at radius 3 is 2.33 bits per heavy atom. The number of rotatable bonds is 6. The summed E-state index contributed by atoms with van der Waals surface area (Å²) in [7, 11) is 1.28. The fourth-order valence-corrected chi connectivity index (χ4v) is 6.82. The Kier molecular flexibility index (Phi) is 7.24. The van der Waals surface area contributed by atoms with Crippen molar-refractivity contribution in [2.45, 2.75) is 49.7 Å². The number of alkyl carbamates (subject to hydrolysis) is 1. The van der Waals surface area contributed by atoms with E-state index in [0.29, 0.717) is 48.0 Å². The number of hydrogen-bond donors (Lipinski definition) is 4. The summed E-state index contributed by atoms with van der Waals surface area (Å²) in [5.74, 6) is -1.29. The van der Waals surface area contributed by atoms with Gasteiger partial charge in [0.25, 0.3) is 5.92 Å². The van der Waals surface area contributed by atoms with Crippen LogP contribution in [-0.2, 0) is 22.4 Å². The number of nitrogens with zero attached hydrogens (tertiary/aromatic N) is 5. The first-order valence-corrected chi connectivity index (χ1v) is 15.7. The molecule has 2 aromatic carbocycles. The first-order chi connectivity index (χ1) is 23.3. The number of aryl methyl sites for hydroxylation is 1. The van der Waals surface area contributed by atoms with Crippen LogP contribution < -0.4 is 15.5 Å². The number of nitrogens with one attached hydrogen (secondary N) is 4. The highest BCUT2D eigenvalue weighted by atomic mass is 19.3. The summed E-state index contributed by atoms with van der Waals surface area (Å²) in [4.78, 5) is 52.2. The number of methoxy groups -OCH3 is 1. The molecule has 48 heavy (non-hydrogen) atoms. The summed E-state index contributed by atoms with van der Waals surface area (Å²) < 4.78 is 32.0. The van der Waals surface area contributed by atoms with Gasteiger partial charge in [0.1, 0.15) is 17.7 Å². The molecule has 3 aliphatic rings. The standard InChI is InChI=1S/C34H31F2N9O3/c1-48-33(47)44-23-10-9-19-3-2-4-21-11-27(45(28(19)21)32(23)46)31-40-15-25(43-31)18-5-7-20(8-6-18)29-37-13-22(14-38-29)26-16-39-30(42-26)24-12-34(35,36)17-41-24/h2-8,13-16,23-24,27,41H,9-12,17H2,1H3,(H,39,42)(H,40,43)(H,44,47)/t23-,24-,27-/m0/s1. The van der Waals surface area contributed by atoms with Gasteiger partial charge in [-0.1, -0.05) is 42.5 Å². The van der Waals surface area contributed by atoms with Gasteiger partial charge in [0.2, 0.25) is 5.91 Å². The predicted molar refractivity (Wildman–Crippen MR) is 171 cm³/mol. The van der Waals surface area contributed by atoms with Gasteiger partial charge in [0.05, 0.1) is 55.2 Å². The van der Waals surface area contributed by atoms with Crippen LogP contribution in [0.15, 0.2) is 67.3 Å². The summed E-state index contributed by atoms with van der Waals surface area (Å²) in [6.07, 6.45) is 7.50. The molecule has 0 saturated carbocycles. The molecule has 5 aromatic rings.